The summed E-state index contributed by atoms with van der Waals surface area (Å²) in [5, 5.41) is 0. The molecule has 7 heteroatoms. The molecule has 2 fully saturated rings. The molecular formula is C15H20O7. The molecule has 0 bridgehead atoms. The molecule has 0 aliphatic carbocycles. The van der Waals surface area contributed by atoms with Gasteiger partial charge in [-0.05, 0) is 13.8 Å². The van der Waals surface area contributed by atoms with Gasteiger partial charge in [0.15, 0.2) is 11.9 Å². The molecule has 1 unspecified atom stereocenters. The highest BCUT2D eigenvalue weighted by molar-refractivity contribution is 6.39. The van der Waals surface area contributed by atoms with Crippen LogP contribution in [0.25, 0.3) is 0 Å². The van der Waals surface area contributed by atoms with E-state index in [1.165, 1.54) is 13.0 Å². The second kappa shape index (κ2) is 5.48. The molecule has 0 aromatic carbocycles. The lowest BCUT2D eigenvalue weighted by molar-refractivity contribution is -0.193. The van der Waals surface area contributed by atoms with E-state index in [0.29, 0.717) is 0 Å². The minimum Gasteiger partial charge on any atom is -0.449 e. The average molecular weight is 312 g/mol. The molecule has 7 nitrogen and oxygen atoms in total. The van der Waals surface area contributed by atoms with Crippen molar-refractivity contribution in [2.24, 2.45) is 5.92 Å². The van der Waals surface area contributed by atoms with Crippen LogP contribution < -0.4 is 0 Å². The lowest BCUT2D eigenvalue weighted by Crippen LogP contribution is -2.57. The average Bonchev–Trinajstić information content (AvgIpc) is 2.90. The maximum absolute atomic E-state index is 12.4. The van der Waals surface area contributed by atoms with Gasteiger partial charge in [-0.2, -0.15) is 0 Å². The monoisotopic (exact) mass is 312 g/mol. The summed E-state index contributed by atoms with van der Waals surface area (Å²) in [4.78, 5) is 35.7. The summed E-state index contributed by atoms with van der Waals surface area (Å²) >= 11 is 0. The standard InChI is InChI=1S/C15H20O7/c1-6-8(2)15(21-9(3)16)11(17)13(18)20-12(15)10-7-19-14(4,5)22-10/h6,8,10,12H,1,7H2,2-5H3/t8?,10-,12+,15+/m0/s1. The van der Waals surface area contributed by atoms with Gasteiger partial charge in [0.2, 0.25) is 5.60 Å². The predicted octanol–water partition coefficient (Wildman–Crippen LogP) is 0.756. The highest BCUT2D eigenvalue weighted by Crippen LogP contribution is 2.41. The first-order chi connectivity index (χ1) is 10.1. The van der Waals surface area contributed by atoms with E-state index >= 15 is 0 Å². The Morgan fingerprint density at radius 1 is 1.45 bits per heavy atom. The van der Waals surface area contributed by atoms with Crippen molar-refractivity contribution in [3.8, 4) is 0 Å². The zero-order chi connectivity index (χ0) is 16.7. The normalized spacial score (nSPS) is 35.1. The number of cyclic esters (lactones) is 1. The number of hydrogen-bond donors (Lipinski definition) is 0. The molecule has 0 saturated carbocycles. The van der Waals surface area contributed by atoms with Crippen molar-refractivity contribution in [2.45, 2.75) is 51.3 Å². The third-order valence-electron chi connectivity index (χ3n) is 3.91. The van der Waals surface area contributed by atoms with Gasteiger partial charge in [0.25, 0.3) is 5.78 Å². The largest absolute Gasteiger partial charge is 0.449 e. The van der Waals surface area contributed by atoms with E-state index in [-0.39, 0.29) is 6.61 Å². The number of ether oxygens (including phenoxy) is 4. The van der Waals surface area contributed by atoms with Crippen molar-refractivity contribution in [1.82, 2.24) is 0 Å². The number of esters is 2. The number of rotatable bonds is 4. The topological polar surface area (TPSA) is 88.1 Å². The van der Waals surface area contributed by atoms with E-state index in [4.69, 9.17) is 18.9 Å². The summed E-state index contributed by atoms with van der Waals surface area (Å²) in [5.74, 6) is -4.15. The van der Waals surface area contributed by atoms with Gasteiger partial charge in [-0.25, -0.2) is 4.79 Å². The SMILES string of the molecule is C=CC(C)[C@@]1(OC(C)=O)C(=O)C(=O)O[C@@H]1[C@@H]1COC(C)(C)O1. The second-order valence-electron chi connectivity index (χ2n) is 5.93. The summed E-state index contributed by atoms with van der Waals surface area (Å²) in [7, 11) is 0. The lowest BCUT2D eigenvalue weighted by Gasteiger charge is -2.36. The first kappa shape index (κ1) is 16.6. The second-order valence-corrected chi connectivity index (χ2v) is 5.93. The summed E-state index contributed by atoms with van der Waals surface area (Å²) in [6, 6.07) is 0. The van der Waals surface area contributed by atoms with Crippen molar-refractivity contribution < 1.29 is 33.3 Å². The Labute approximate surface area is 128 Å². The van der Waals surface area contributed by atoms with Crippen molar-refractivity contribution >= 4 is 17.7 Å². The molecule has 0 aromatic heterocycles. The summed E-state index contributed by atoms with van der Waals surface area (Å²) in [5.41, 5.74) is -1.78. The molecular weight excluding hydrogens is 292 g/mol. The first-order valence-electron chi connectivity index (χ1n) is 7.03. The van der Waals surface area contributed by atoms with Crippen LogP contribution in [0.3, 0.4) is 0 Å². The van der Waals surface area contributed by atoms with Crippen LogP contribution >= 0.6 is 0 Å². The van der Waals surface area contributed by atoms with Crippen LogP contribution in [0, 0.1) is 5.92 Å². The van der Waals surface area contributed by atoms with Crippen LogP contribution in [0.1, 0.15) is 27.7 Å². The number of carbonyl (C=O) groups is 3. The van der Waals surface area contributed by atoms with E-state index < -0.39 is 47.2 Å². The molecule has 2 aliphatic rings. The van der Waals surface area contributed by atoms with Crippen LogP contribution in [0.2, 0.25) is 0 Å². The minimum absolute atomic E-state index is 0.116. The first-order valence-corrected chi connectivity index (χ1v) is 7.03. The highest BCUT2D eigenvalue weighted by atomic mass is 16.8. The van der Waals surface area contributed by atoms with E-state index in [0.717, 1.165) is 0 Å². The van der Waals surface area contributed by atoms with Crippen molar-refractivity contribution in [2.75, 3.05) is 6.61 Å². The van der Waals surface area contributed by atoms with Gasteiger partial charge in [-0.3, -0.25) is 9.59 Å². The fraction of sp³-hybridized carbons (Fsp3) is 0.667. The highest BCUT2D eigenvalue weighted by Gasteiger charge is 2.66. The van der Waals surface area contributed by atoms with E-state index in [1.807, 2.05) is 0 Å². The van der Waals surface area contributed by atoms with Gasteiger partial charge in [-0.15, -0.1) is 6.58 Å². The van der Waals surface area contributed by atoms with Crippen LogP contribution in [0.4, 0.5) is 0 Å². The Hall–Kier alpha value is -1.73. The minimum atomic E-state index is -1.78. The molecule has 0 amide bonds. The predicted molar refractivity (Wildman–Crippen MR) is 73.6 cm³/mol. The van der Waals surface area contributed by atoms with Crippen molar-refractivity contribution in [3.63, 3.8) is 0 Å². The Kier molecular flexibility index (Phi) is 4.14. The molecule has 0 aromatic rings. The van der Waals surface area contributed by atoms with Crippen molar-refractivity contribution in [1.29, 1.82) is 0 Å². The third-order valence-corrected chi connectivity index (χ3v) is 3.91. The molecule has 0 N–H and O–H groups in total. The molecule has 0 radical (unpaired) electrons. The zero-order valence-corrected chi connectivity index (χ0v) is 13.1. The van der Waals surface area contributed by atoms with E-state index in [9.17, 15) is 14.4 Å². The summed E-state index contributed by atoms with van der Waals surface area (Å²) in [6.45, 7) is 9.95. The fourth-order valence-electron chi connectivity index (χ4n) is 2.84. The molecule has 22 heavy (non-hydrogen) atoms. The number of ketones is 1. The quantitative estimate of drug-likeness (QED) is 0.430. The Balaban J connectivity index is 2.45. The fourth-order valence-corrected chi connectivity index (χ4v) is 2.84. The smallest absolute Gasteiger partial charge is 0.379 e. The summed E-state index contributed by atoms with van der Waals surface area (Å²) < 4.78 is 21.6. The van der Waals surface area contributed by atoms with Crippen LogP contribution in [0.5, 0.6) is 0 Å². The maximum atomic E-state index is 12.4. The number of Topliss-reactive ketones (excluding diaryl/α,β-unsaturated/α-hetero) is 1. The molecule has 2 saturated heterocycles. The van der Waals surface area contributed by atoms with Gasteiger partial charge in [-0.1, -0.05) is 13.0 Å². The zero-order valence-electron chi connectivity index (χ0n) is 13.1. The van der Waals surface area contributed by atoms with Crippen LogP contribution in [-0.2, 0) is 33.3 Å². The molecule has 4 atom stereocenters. The molecule has 2 aliphatic heterocycles. The lowest BCUT2D eigenvalue weighted by atomic mass is 9.79. The molecule has 0 spiro atoms. The molecule has 122 valence electrons. The molecule has 2 rings (SSSR count). The Bertz CT molecular complexity index is 524. The van der Waals surface area contributed by atoms with Gasteiger partial charge in [0.1, 0.15) is 6.10 Å². The van der Waals surface area contributed by atoms with Gasteiger partial charge >= 0.3 is 11.9 Å². The van der Waals surface area contributed by atoms with E-state index in [2.05, 4.69) is 6.58 Å². The Morgan fingerprint density at radius 3 is 2.55 bits per heavy atom. The Morgan fingerprint density at radius 2 is 2.09 bits per heavy atom. The third kappa shape index (κ3) is 2.55. The van der Waals surface area contributed by atoms with Gasteiger partial charge in [0.05, 0.1) is 6.61 Å². The van der Waals surface area contributed by atoms with Gasteiger partial charge < -0.3 is 18.9 Å². The number of carbonyl (C=O) groups excluding carboxylic acids is 3. The van der Waals surface area contributed by atoms with Gasteiger partial charge in [0, 0.05) is 12.8 Å². The summed E-state index contributed by atoms with van der Waals surface area (Å²) in [6.07, 6.45) is -0.352. The maximum Gasteiger partial charge on any atom is 0.379 e. The van der Waals surface area contributed by atoms with Crippen molar-refractivity contribution in [3.05, 3.63) is 12.7 Å². The number of hydrogen-bond acceptors (Lipinski definition) is 7. The van der Waals surface area contributed by atoms with Crippen LogP contribution in [0.15, 0.2) is 12.7 Å². The van der Waals surface area contributed by atoms with E-state index in [1.54, 1.807) is 20.8 Å². The molecule has 2 heterocycles. The van der Waals surface area contributed by atoms with Crippen LogP contribution in [-0.4, -0.2) is 47.9 Å².